The van der Waals surface area contributed by atoms with Gasteiger partial charge in [-0.25, -0.2) is 4.79 Å². The van der Waals surface area contributed by atoms with Crippen LogP contribution >= 0.6 is 0 Å². The van der Waals surface area contributed by atoms with Gasteiger partial charge in [-0.05, 0) is 36.9 Å². The van der Waals surface area contributed by atoms with Gasteiger partial charge in [0.15, 0.2) is 5.78 Å². The summed E-state index contributed by atoms with van der Waals surface area (Å²) in [6.07, 6.45) is 2.00. The molecule has 0 aromatic heterocycles. The zero-order valence-electron chi connectivity index (χ0n) is 14.5. The number of carbonyl (C=O) groups is 2. The molecule has 0 unspecified atom stereocenters. The first-order valence-electron chi connectivity index (χ1n) is 8.93. The number of Topliss-reactive ketones (excluding diaryl/α,β-unsaturated/α-hetero) is 1. The summed E-state index contributed by atoms with van der Waals surface area (Å²) in [5, 5.41) is 3.29. The Morgan fingerprint density at radius 1 is 1.12 bits per heavy atom. The Labute approximate surface area is 152 Å². The van der Waals surface area contributed by atoms with E-state index < -0.39 is 11.6 Å². The normalized spacial score (nSPS) is 18.1. The predicted octanol–water partition coefficient (Wildman–Crippen LogP) is 3.13. The van der Waals surface area contributed by atoms with E-state index >= 15 is 0 Å². The fourth-order valence-electron chi connectivity index (χ4n) is 3.59. The van der Waals surface area contributed by atoms with Gasteiger partial charge in [0.1, 0.15) is 18.0 Å². The van der Waals surface area contributed by atoms with Gasteiger partial charge in [-0.2, -0.15) is 0 Å². The van der Waals surface area contributed by atoms with E-state index in [0.717, 1.165) is 31.5 Å². The first-order chi connectivity index (χ1) is 12.7. The van der Waals surface area contributed by atoms with Gasteiger partial charge in [0.25, 0.3) is 0 Å². The molecule has 1 spiro atoms. The second-order valence-electron chi connectivity index (χ2n) is 6.91. The number of fused-ring (bicyclic) bond motifs is 1. The number of hydrogen-bond acceptors (Lipinski definition) is 5. The van der Waals surface area contributed by atoms with Crippen molar-refractivity contribution in [2.75, 3.05) is 13.1 Å². The fraction of sp³-hybridized carbons (Fsp3) is 0.333. The second-order valence-corrected chi connectivity index (χ2v) is 6.91. The van der Waals surface area contributed by atoms with Crippen molar-refractivity contribution in [3.63, 3.8) is 0 Å². The molecule has 134 valence electrons. The van der Waals surface area contributed by atoms with Crippen molar-refractivity contribution in [2.24, 2.45) is 0 Å². The van der Waals surface area contributed by atoms with Crippen LogP contribution in [-0.4, -0.2) is 30.4 Å². The summed E-state index contributed by atoms with van der Waals surface area (Å²) in [4.78, 5) is 25.0. The Balaban J connectivity index is 1.49. The van der Waals surface area contributed by atoms with Gasteiger partial charge in [0.05, 0.1) is 17.5 Å². The van der Waals surface area contributed by atoms with Gasteiger partial charge >= 0.3 is 5.97 Å². The minimum atomic E-state index is -0.438. The highest BCUT2D eigenvalue weighted by Gasteiger charge is 2.41. The molecule has 0 radical (unpaired) electrons. The first-order valence-corrected chi connectivity index (χ1v) is 8.93. The quantitative estimate of drug-likeness (QED) is 0.861. The number of carbonyl (C=O) groups excluding carboxylic acids is 2. The van der Waals surface area contributed by atoms with E-state index in [0.29, 0.717) is 23.3 Å². The summed E-state index contributed by atoms with van der Waals surface area (Å²) in [5.74, 6) is 0.167. The zero-order chi connectivity index (χ0) is 18.0. The van der Waals surface area contributed by atoms with E-state index in [9.17, 15) is 9.59 Å². The van der Waals surface area contributed by atoms with Gasteiger partial charge < -0.3 is 14.8 Å². The lowest BCUT2D eigenvalue weighted by molar-refractivity contribution is 0.0187. The third-order valence-corrected chi connectivity index (χ3v) is 5.05. The van der Waals surface area contributed by atoms with Crippen LogP contribution in [0.4, 0.5) is 0 Å². The molecule has 0 atom stereocenters. The summed E-state index contributed by atoms with van der Waals surface area (Å²) in [7, 11) is 0. The number of benzene rings is 2. The maximum absolute atomic E-state index is 12.7. The summed E-state index contributed by atoms with van der Waals surface area (Å²) in [5.41, 5.74) is 1.37. The van der Waals surface area contributed by atoms with Gasteiger partial charge in [-0.15, -0.1) is 0 Å². The fourth-order valence-corrected chi connectivity index (χ4v) is 3.59. The molecule has 0 aliphatic carbocycles. The molecule has 0 bridgehead atoms. The predicted molar refractivity (Wildman–Crippen MR) is 96.4 cm³/mol. The monoisotopic (exact) mass is 351 g/mol. The highest BCUT2D eigenvalue weighted by atomic mass is 16.5. The molecule has 2 aromatic rings. The van der Waals surface area contributed by atoms with Crippen LogP contribution in [0.3, 0.4) is 0 Å². The number of piperidine rings is 1. The van der Waals surface area contributed by atoms with E-state index in [4.69, 9.17) is 9.47 Å². The molecule has 26 heavy (non-hydrogen) atoms. The average Bonchev–Trinajstić information content (AvgIpc) is 2.67. The van der Waals surface area contributed by atoms with Crippen molar-refractivity contribution >= 4 is 11.8 Å². The van der Waals surface area contributed by atoms with E-state index in [-0.39, 0.29) is 12.4 Å². The first kappa shape index (κ1) is 16.8. The van der Waals surface area contributed by atoms with Crippen molar-refractivity contribution in [3.8, 4) is 5.75 Å². The molecular formula is C21H21NO4. The number of hydrogen-bond donors (Lipinski definition) is 1. The minimum absolute atomic E-state index is 0.0332. The molecule has 0 amide bonds. The molecule has 1 saturated heterocycles. The Bertz CT molecular complexity index is 825. The molecule has 5 heteroatoms. The van der Waals surface area contributed by atoms with Crippen molar-refractivity contribution < 1.29 is 19.1 Å². The van der Waals surface area contributed by atoms with Crippen molar-refractivity contribution in [3.05, 3.63) is 65.2 Å². The second kappa shape index (κ2) is 6.92. The SMILES string of the molecule is O=C(OCc1ccccc1)c1ccc2c(c1)C(=O)CC1(CCNCC1)O2. The highest BCUT2D eigenvalue weighted by molar-refractivity contribution is 6.02. The average molecular weight is 351 g/mol. The van der Waals surface area contributed by atoms with Crippen LogP contribution < -0.4 is 10.1 Å². The number of rotatable bonds is 3. The highest BCUT2D eigenvalue weighted by Crippen LogP contribution is 2.38. The molecule has 5 nitrogen and oxygen atoms in total. The maximum atomic E-state index is 12.7. The standard InChI is InChI=1S/C21H21NO4/c23-18-13-21(8-10-22-11-9-21)26-19-7-6-16(12-17(18)19)20(24)25-14-15-4-2-1-3-5-15/h1-7,12,22H,8-11,13-14H2. The van der Waals surface area contributed by atoms with Crippen LogP contribution in [0.5, 0.6) is 5.75 Å². The van der Waals surface area contributed by atoms with Crippen LogP contribution in [0.2, 0.25) is 0 Å². The molecule has 0 saturated carbocycles. The van der Waals surface area contributed by atoms with Crippen LogP contribution in [0.15, 0.2) is 48.5 Å². The van der Waals surface area contributed by atoms with Gasteiger partial charge in [0, 0.05) is 12.8 Å². The summed E-state index contributed by atoms with van der Waals surface area (Å²) in [6.45, 7) is 1.91. The van der Waals surface area contributed by atoms with E-state index in [2.05, 4.69) is 5.32 Å². The minimum Gasteiger partial charge on any atom is -0.486 e. The number of nitrogens with one attached hydrogen (secondary N) is 1. The lowest BCUT2D eigenvalue weighted by atomic mass is 9.83. The summed E-state index contributed by atoms with van der Waals surface area (Å²) >= 11 is 0. The number of ether oxygens (including phenoxy) is 2. The molecule has 1 N–H and O–H groups in total. The van der Waals surface area contributed by atoms with Gasteiger partial charge in [-0.3, -0.25) is 4.79 Å². The topological polar surface area (TPSA) is 64.6 Å². The smallest absolute Gasteiger partial charge is 0.338 e. The molecule has 1 fully saturated rings. The lowest BCUT2D eigenvalue weighted by Gasteiger charge is -2.40. The third-order valence-electron chi connectivity index (χ3n) is 5.05. The molecule has 2 heterocycles. The summed E-state index contributed by atoms with van der Waals surface area (Å²) in [6, 6.07) is 14.5. The number of ketones is 1. The Morgan fingerprint density at radius 2 is 1.88 bits per heavy atom. The van der Waals surface area contributed by atoms with Gasteiger partial charge in [-0.1, -0.05) is 30.3 Å². The third kappa shape index (κ3) is 3.35. The van der Waals surface area contributed by atoms with Crippen LogP contribution in [0.1, 0.15) is 45.5 Å². The largest absolute Gasteiger partial charge is 0.486 e. The molecule has 2 aliphatic rings. The van der Waals surface area contributed by atoms with Crippen LogP contribution in [0.25, 0.3) is 0 Å². The molecular weight excluding hydrogens is 330 g/mol. The number of esters is 1. The Morgan fingerprint density at radius 3 is 2.65 bits per heavy atom. The Kier molecular flexibility index (Phi) is 4.47. The van der Waals surface area contributed by atoms with Crippen molar-refractivity contribution in [2.45, 2.75) is 31.5 Å². The van der Waals surface area contributed by atoms with Crippen molar-refractivity contribution in [1.29, 1.82) is 0 Å². The van der Waals surface area contributed by atoms with E-state index in [1.807, 2.05) is 30.3 Å². The van der Waals surface area contributed by atoms with Crippen molar-refractivity contribution in [1.82, 2.24) is 5.32 Å². The molecule has 4 rings (SSSR count). The summed E-state index contributed by atoms with van der Waals surface area (Å²) < 4.78 is 11.5. The van der Waals surface area contributed by atoms with E-state index in [1.165, 1.54) is 0 Å². The van der Waals surface area contributed by atoms with E-state index in [1.54, 1.807) is 18.2 Å². The molecule has 2 aromatic carbocycles. The maximum Gasteiger partial charge on any atom is 0.338 e. The Hall–Kier alpha value is -2.66. The van der Waals surface area contributed by atoms with Crippen LogP contribution in [-0.2, 0) is 11.3 Å². The van der Waals surface area contributed by atoms with Crippen LogP contribution in [0, 0.1) is 0 Å². The lowest BCUT2D eigenvalue weighted by Crippen LogP contribution is -2.49. The van der Waals surface area contributed by atoms with Gasteiger partial charge in [0.2, 0.25) is 0 Å². The zero-order valence-corrected chi connectivity index (χ0v) is 14.5. The molecule has 2 aliphatic heterocycles.